The number of carboxylic acids is 1. The number of hydrogen-bond acceptors (Lipinski definition) is 4. The third-order valence-corrected chi connectivity index (χ3v) is 6.34. The van der Waals surface area contributed by atoms with Gasteiger partial charge in [-0.3, -0.25) is 5.10 Å². The van der Waals surface area contributed by atoms with Gasteiger partial charge in [-0.1, -0.05) is 32.9 Å². The number of carbonyl (C=O) groups is 1. The van der Waals surface area contributed by atoms with E-state index >= 15 is 0 Å². The lowest BCUT2D eigenvalue weighted by atomic mass is 9.82. The molecule has 0 saturated carbocycles. The number of carboxylic acid groups (broad SMARTS) is 1. The van der Waals surface area contributed by atoms with E-state index in [-0.39, 0.29) is 10.8 Å². The van der Waals surface area contributed by atoms with Crippen LogP contribution in [-0.4, -0.2) is 27.9 Å². The van der Waals surface area contributed by atoms with Crippen molar-refractivity contribution in [2.45, 2.75) is 49.4 Å². The first-order valence-corrected chi connectivity index (χ1v) is 11.1. The molecule has 1 aromatic heterocycles. The van der Waals surface area contributed by atoms with Crippen LogP contribution in [0.3, 0.4) is 0 Å². The van der Waals surface area contributed by atoms with Crippen LogP contribution in [0.1, 0.15) is 53.8 Å². The van der Waals surface area contributed by atoms with Crippen molar-refractivity contribution in [2.24, 2.45) is 0 Å². The molecule has 0 fully saturated rings. The molecule has 0 radical (unpaired) electrons. The van der Waals surface area contributed by atoms with Crippen molar-refractivity contribution < 1.29 is 27.8 Å². The van der Waals surface area contributed by atoms with Gasteiger partial charge in [0.15, 0.2) is 6.61 Å². The van der Waals surface area contributed by atoms with Crippen molar-refractivity contribution in [1.82, 2.24) is 10.2 Å². The summed E-state index contributed by atoms with van der Waals surface area (Å²) < 4.78 is 46.3. The molecular formula is C24H25F3N2O3S. The van der Waals surface area contributed by atoms with E-state index in [0.717, 1.165) is 27.7 Å². The fourth-order valence-electron chi connectivity index (χ4n) is 3.46. The van der Waals surface area contributed by atoms with E-state index < -0.39 is 29.7 Å². The first-order valence-electron chi connectivity index (χ1n) is 10.2. The molecule has 3 aromatic rings. The number of H-pyrrole nitrogens is 1. The minimum absolute atomic E-state index is 0.232. The van der Waals surface area contributed by atoms with Crippen LogP contribution < -0.4 is 4.74 Å². The fraction of sp³-hybridized carbons (Fsp3) is 0.333. The first-order chi connectivity index (χ1) is 15.4. The molecule has 0 aliphatic heterocycles. The van der Waals surface area contributed by atoms with Crippen LogP contribution in [0.5, 0.6) is 5.75 Å². The van der Waals surface area contributed by atoms with Crippen molar-refractivity contribution in [1.29, 1.82) is 0 Å². The van der Waals surface area contributed by atoms with Crippen molar-refractivity contribution in [3.63, 3.8) is 0 Å². The predicted octanol–water partition coefficient (Wildman–Crippen LogP) is 6.38. The molecule has 9 heteroatoms. The highest BCUT2D eigenvalue weighted by Crippen LogP contribution is 2.44. The standard InChI is InChI=1S/C24H25F3N2O3S/c1-14-9-17(6-8-20(14)32-13-21(30)31)33-22(16-11-28-29-12-16)15-5-7-18(24(25,26)27)19(10-15)23(2,3)4/h5-12,22H,13H2,1-4H3,(H,28,29)(H,30,31). The van der Waals surface area contributed by atoms with Gasteiger partial charge >= 0.3 is 12.1 Å². The SMILES string of the molecule is Cc1cc(SC(c2cn[nH]c2)c2ccc(C(F)(F)F)c(C(C)(C)C)c2)ccc1OCC(=O)O. The zero-order chi connectivity index (χ0) is 24.4. The number of halogens is 3. The Morgan fingerprint density at radius 2 is 1.85 bits per heavy atom. The number of hydrogen-bond donors (Lipinski definition) is 2. The van der Waals surface area contributed by atoms with Crippen molar-refractivity contribution in [3.8, 4) is 5.75 Å². The average Bonchev–Trinajstić information content (AvgIpc) is 3.24. The number of alkyl halides is 3. The molecule has 1 heterocycles. The average molecular weight is 479 g/mol. The van der Waals surface area contributed by atoms with Gasteiger partial charge in [0.1, 0.15) is 5.75 Å². The Balaban J connectivity index is 2.00. The summed E-state index contributed by atoms with van der Waals surface area (Å²) in [6.45, 7) is 6.66. The van der Waals surface area contributed by atoms with Crippen molar-refractivity contribution >= 4 is 17.7 Å². The number of aromatic nitrogens is 2. The molecule has 0 amide bonds. The molecule has 0 aliphatic rings. The number of aromatic amines is 1. The second-order valence-corrected chi connectivity index (χ2v) is 9.87. The molecule has 1 atom stereocenters. The third-order valence-electron chi connectivity index (χ3n) is 5.03. The number of ether oxygens (including phenoxy) is 1. The zero-order valence-corrected chi connectivity index (χ0v) is 19.5. The topological polar surface area (TPSA) is 75.2 Å². The molecule has 0 saturated heterocycles. The molecule has 0 spiro atoms. The normalized spacial score (nSPS) is 13.1. The first kappa shape index (κ1) is 24.7. The summed E-state index contributed by atoms with van der Waals surface area (Å²) in [5, 5.41) is 15.3. The molecule has 3 rings (SSSR count). The summed E-state index contributed by atoms with van der Waals surface area (Å²) in [6, 6.07) is 9.66. The molecular weight excluding hydrogens is 453 g/mol. The van der Waals surface area contributed by atoms with E-state index in [0.29, 0.717) is 5.75 Å². The van der Waals surface area contributed by atoms with Gasteiger partial charge in [-0.05, 0) is 53.3 Å². The van der Waals surface area contributed by atoms with E-state index in [1.165, 1.54) is 17.8 Å². The highest BCUT2D eigenvalue weighted by Gasteiger charge is 2.37. The Hall–Kier alpha value is -2.94. The largest absolute Gasteiger partial charge is 0.482 e. The lowest BCUT2D eigenvalue weighted by Gasteiger charge is -2.26. The van der Waals surface area contributed by atoms with Crippen LogP contribution in [0.25, 0.3) is 0 Å². The lowest BCUT2D eigenvalue weighted by Crippen LogP contribution is -2.20. The molecule has 2 N–H and O–H groups in total. The molecule has 2 aromatic carbocycles. The van der Waals surface area contributed by atoms with Crippen LogP contribution in [-0.2, 0) is 16.4 Å². The van der Waals surface area contributed by atoms with E-state index in [4.69, 9.17) is 9.84 Å². The molecule has 5 nitrogen and oxygen atoms in total. The molecule has 1 unspecified atom stereocenters. The monoisotopic (exact) mass is 478 g/mol. The van der Waals surface area contributed by atoms with Crippen LogP contribution >= 0.6 is 11.8 Å². The Morgan fingerprint density at radius 1 is 1.12 bits per heavy atom. The predicted molar refractivity (Wildman–Crippen MR) is 121 cm³/mol. The second-order valence-electron chi connectivity index (χ2n) is 8.69. The van der Waals surface area contributed by atoms with E-state index in [1.807, 2.05) is 13.0 Å². The van der Waals surface area contributed by atoms with Crippen LogP contribution in [0.2, 0.25) is 0 Å². The Kier molecular flexibility index (Phi) is 7.11. The van der Waals surface area contributed by atoms with Crippen molar-refractivity contribution in [3.05, 3.63) is 76.6 Å². The van der Waals surface area contributed by atoms with Gasteiger partial charge in [-0.25, -0.2) is 4.79 Å². The second kappa shape index (κ2) is 9.51. The van der Waals surface area contributed by atoms with E-state index in [2.05, 4.69) is 10.2 Å². The van der Waals surface area contributed by atoms with Gasteiger partial charge in [0, 0.05) is 16.7 Å². The molecule has 33 heavy (non-hydrogen) atoms. The quantitative estimate of drug-likeness (QED) is 0.386. The number of nitrogens with zero attached hydrogens (tertiary/aromatic N) is 1. The third kappa shape index (κ3) is 6.10. The summed E-state index contributed by atoms with van der Waals surface area (Å²) in [5.41, 5.74) is 1.20. The smallest absolute Gasteiger partial charge is 0.416 e. The summed E-state index contributed by atoms with van der Waals surface area (Å²) >= 11 is 1.47. The van der Waals surface area contributed by atoms with Crippen LogP contribution in [0.4, 0.5) is 13.2 Å². The molecule has 176 valence electrons. The Bertz CT molecular complexity index is 1120. The molecule has 0 bridgehead atoms. The highest BCUT2D eigenvalue weighted by molar-refractivity contribution is 7.99. The fourth-order valence-corrected chi connectivity index (χ4v) is 4.67. The maximum Gasteiger partial charge on any atom is 0.416 e. The Morgan fingerprint density at radius 3 is 2.39 bits per heavy atom. The molecule has 0 aliphatic carbocycles. The summed E-state index contributed by atoms with van der Waals surface area (Å²) in [6.07, 6.45) is -1.06. The maximum atomic E-state index is 13.7. The lowest BCUT2D eigenvalue weighted by molar-refractivity contribution is -0.139. The number of rotatable bonds is 7. The van der Waals surface area contributed by atoms with Crippen LogP contribution in [0.15, 0.2) is 53.7 Å². The maximum absolute atomic E-state index is 13.7. The van der Waals surface area contributed by atoms with Gasteiger partial charge in [0.05, 0.1) is 17.0 Å². The van der Waals surface area contributed by atoms with Gasteiger partial charge in [-0.2, -0.15) is 18.3 Å². The summed E-state index contributed by atoms with van der Waals surface area (Å²) in [4.78, 5) is 11.6. The Labute approximate surface area is 194 Å². The van der Waals surface area contributed by atoms with Crippen LogP contribution in [0, 0.1) is 6.92 Å². The van der Waals surface area contributed by atoms with Crippen molar-refractivity contribution in [2.75, 3.05) is 6.61 Å². The van der Waals surface area contributed by atoms with E-state index in [1.54, 1.807) is 51.4 Å². The number of thioether (sulfide) groups is 1. The number of aryl methyl sites for hydroxylation is 1. The van der Waals surface area contributed by atoms with Gasteiger partial charge < -0.3 is 9.84 Å². The zero-order valence-electron chi connectivity index (χ0n) is 18.7. The summed E-state index contributed by atoms with van der Waals surface area (Å²) in [7, 11) is 0. The number of aliphatic carboxylic acids is 1. The summed E-state index contributed by atoms with van der Waals surface area (Å²) in [5.74, 6) is -0.601. The number of benzene rings is 2. The minimum atomic E-state index is -4.44. The highest BCUT2D eigenvalue weighted by atomic mass is 32.2. The van der Waals surface area contributed by atoms with Gasteiger partial charge in [0.25, 0.3) is 0 Å². The van der Waals surface area contributed by atoms with Gasteiger partial charge in [0.2, 0.25) is 0 Å². The van der Waals surface area contributed by atoms with E-state index in [9.17, 15) is 18.0 Å². The minimum Gasteiger partial charge on any atom is -0.482 e. The van der Waals surface area contributed by atoms with Gasteiger partial charge in [-0.15, -0.1) is 11.8 Å². The number of nitrogens with one attached hydrogen (secondary N) is 1.